The van der Waals surface area contributed by atoms with Crippen LogP contribution in [0.1, 0.15) is 55.4 Å². The molecule has 120 valence electrons. The molecule has 1 N–H and O–H groups in total. The summed E-state index contributed by atoms with van der Waals surface area (Å²) in [6.07, 6.45) is 0. The van der Waals surface area contributed by atoms with Crippen LogP contribution in [0.15, 0.2) is 0 Å². The van der Waals surface area contributed by atoms with Gasteiger partial charge in [-0.15, -0.1) is 0 Å². The molecule has 1 atom stereocenters. The van der Waals surface area contributed by atoms with Crippen LogP contribution in [0.5, 0.6) is 0 Å². The van der Waals surface area contributed by atoms with Crippen LogP contribution in [0, 0.1) is 22.7 Å². The molecule has 0 saturated carbocycles. The second kappa shape index (κ2) is 6.56. The van der Waals surface area contributed by atoms with Gasteiger partial charge in [-0.25, -0.2) is 13.1 Å². The monoisotopic (exact) mass is 305 g/mol. The standard InChI is InChI=1S/C15H31NO3S/c1-11(2)12(14(3,4)5)10-20(18,19)16-9-13(17)15(6,7)8/h11-12,16H,9-10H2,1-8H3. The van der Waals surface area contributed by atoms with E-state index >= 15 is 0 Å². The summed E-state index contributed by atoms with van der Waals surface area (Å²) >= 11 is 0. The van der Waals surface area contributed by atoms with E-state index in [-0.39, 0.29) is 35.3 Å². The summed E-state index contributed by atoms with van der Waals surface area (Å²) in [6.45, 7) is 15.5. The Bertz CT molecular complexity index is 425. The third-order valence-electron chi connectivity index (χ3n) is 3.61. The molecule has 20 heavy (non-hydrogen) atoms. The highest BCUT2D eigenvalue weighted by molar-refractivity contribution is 7.89. The maximum absolute atomic E-state index is 12.2. The Balaban J connectivity index is 4.79. The molecule has 0 saturated heterocycles. The van der Waals surface area contributed by atoms with Crippen LogP contribution in [0.4, 0.5) is 0 Å². The molecular formula is C15H31NO3S. The lowest BCUT2D eigenvalue weighted by Gasteiger charge is -2.33. The highest BCUT2D eigenvalue weighted by Crippen LogP contribution is 2.32. The van der Waals surface area contributed by atoms with Crippen LogP contribution in [0.2, 0.25) is 0 Å². The second-order valence-electron chi connectivity index (χ2n) is 7.99. The maximum atomic E-state index is 12.2. The number of rotatable bonds is 6. The molecule has 0 aromatic carbocycles. The first-order valence-electron chi connectivity index (χ1n) is 7.17. The number of hydrogen-bond acceptors (Lipinski definition) is 3. The Morgan fingerprint density at radius 3 is 1.80 bits per heavy atom. The molecule has 0 fully saturated rings. The van der Waals surface area contributed by atoms with E-state index in [4.69, 9.17) is 0 Å². The van der Waals surface area contributed by atoms with Crippen LogP contribution in [-0.2, 0) is 14.8 Å². The van der Waals surface area contributed by atoms with Crippen molar-refractivity contribution in [3.63, 3.8) is 0 Å². The minimum atomic E-state index is -3.44. The fourth-order valence-electron chi connectivity index (χ4n) is 2.18. The van der Waals surface area contributed by atoms with Gasteiger partial charge in [-0.05, 0) is 17.3 Å². The molecule has 0 aliphatic heterocycles. The number of carbonyl (C=O) groups excluding carboxylic acids is 1. The van der Waals surface area contributed by atoms with E-state index in [1.165, 1.54) is 0 Å². The normalized spacial score (nSPS) is 15.4. The second-order valence-corrected chi connectivity index (χ2v) is 9.84. The van der Waals surface area contributed by atoms with Gasteiger partial charge in [0.05, 0.1) is 12.3 Å². The zero-order valence-corrected chi connectivity index (χ0v) is 15.0. The fraction of sp³-hybridized carbons (Fsp3) is 0.933. The summed E-state index contributed by atoms with van der Waals surface area (Å²) in [4.78, 5) is 11.8. The molecule has 0 aliphatic rings. The molecule has 0 aliphatic carbocycles. The molecule has 0 amide bonds. The van der Waals surface area contributed by atoms with Gasteiger partial charge in [0.2, 0.25) is 10.0 Å². The number of ketones is 1. The van der Waals surface area contributed by atoms with Gasteiger partial charge in [0, 0.05) is 5.41 Å². The van der Waals surface area contributed by atoms with Crippen molar-refractivity contribution in [2.24, 2.45) is 22.7 Å². The van der Waals surface area contributed by atoms with Gasteiger partial charge in [-0.3, -0.25) is 4.79 Å². The summed E-state index contributed by atoms with van der Waals surface area (Å²) in [5.74, 6) is 0.276. The van der Waals surface area contributed by atoms with Gasteiger partial charge < -0.3 is 0 Å². The van der Waals surface area contributed by atoms with Crippen LogP contribution >= 0.6 is 0 Å². The van der Waals surface area contributed by atoms with E-state index in [2.05, 4.69) is 4.72 Å². The molecule has 0 aromatic rings. The average Bonchev–Trinajstić information content (AvgIpc) is 2.19. The first-order valence-corrected chi connectivity index (χ1v) is 8.82. The molecule has 4 nitrogen and oxygen atoms in total. The Morgan fingerprint density at radius 2 is 1.50 bits per heavy atom. The van der Waals surface area contributed by atoms with Crippen LogP contribution in [-0.4, -0.2) is 26.5 Å². The summed E-state index contributed by atoms with van der Waals surface area (Å²) in [5.41, 5.74) is -0.610. The Kier molecular flexibility index (Phi) is 6.42. The van der Waals surface area contributed by atoms with E-state index in [1.54, 1.807) is 20.8 Å². The van der Waals surface area contributed by atoms with Crippen molar-refractivity contribution in [1.29, 1.82) is 0 Å². The third kappa shape index (κ3) is 6.84. The predicted molar refractivity (Wildman–Crippen MR) is 84.0 cm³/mol. The molecule has 0 spiro atoms. The Labute approximate surface area is 124 Å². The molecule has 5 heteroatoms. The SMILES string of the molecule is CC(C)C(CS(=O)(=O)NCC(=O)C(C)(C)C)C(C)(C)C. The number of sulfonamides is 1. The molecule has 1 unspecified atom stereocenters. The van der Waals surface area contributed by atoms with Gasteiger partial charge in [-0.1, -0.05) is 55.4 Å². The number of Topliss-reactive ketones (excluding diaryl/α,β-unsaturated/α-hetero) is 1. The molecule has 0 bridgehead atoms. The van der Waals surface area contributed by atoms with E-state index < -0.39 is 15.4 Å². The summed E-state index contributed by atoms with van der Waals surface area (Å²) in [6, 6.07) is 0. The smallest absolute Gasteiger partial charge is 0.212 e. The van der Waals surface area contributed by atoms with Crippen molar-refractivity contribution in [2.45, 2.75) is 55.4 Å². The van der Waals surface area contributed by atoms with Crippen molar-refractivity contribution in [3.05, 3.63) is 0 Å². The van der Waals surface area contributed by atoms with Crippen LogP contribution in [0.25, 0.3) is 0 Å². The largest absolute Gasteiger partial charge is 0.298 e. The average molecular weight is 305 g/mol. The third-order valence-corrected chi connectivity index (χ3v) is 4.99. The minimum Gasteiger partial charge on any atom is -0.298 e. The van der Waals surface area contributed by atoms with Gasteiger partial charge >= 0.3 is 0 Å². The highest BCUT2D eigenvalue weighted by atomic mass is 32.2. The maximum Gasteiger partial charge on any atom is 0.212 e. The zero-order chi connectivity index (χ0) is 16.4. The lowest BCUT2D eigenvalue weighted by molar-refractivity contribution is -0.125. The number of hydrogen-bond donors (Lipinski definition) is 1. The van der Waals surface area contributed by atoms with Crippen molar-refractivity contribution in [1.82, 2.24) is 4.72 Å². The van der Waals surface area contributed by atoms with Crippen molar-refractivity contribution >= 4 is 15.8 Å². The number of carbonyl (C=O) groups is 1. The Hall–Kier alpha value is -0.420. The van der Waals surface area contributed by atoms with E-state index in [0.29, 0.717) is 0 Å². The summed E-state index contributed by atoms with van der Waals surface area (Å²) < 4.78 is 26.8. The first-order chi connectivity index (χ1) is 8.67. The van der Waals surface area contributed by atoms with Crippen molar-refractivity contribution < 1.29 is 13.2 Å². The molecule has 0 heterocycles. The van der Waals surface area contributed by atoms with Crippen LogP contribution in [0.3, 0.4) is 0 Å². The predicted octanol–water partition coefficient (Wildman–Crippen LogP) is 2.84. The molecule has 0 aromatic heterocycles. The Morgan fingerprint density at radius 1 is 1.05 bits per heavy atom. The van der Waals surface area contributed by atoms with Crippen LogP contribution < -0.4 is 4.72 Å². The lowest BCUT2D eigenvalue weighted by atomic mass is 9.75. The van der Waals surface area contributed by atoms with E-state index in [1.807, 2.05) is 34.6 Å². The minimum absolute atomic E-state index is 0.0461. The lowest BCUT2D eigenvalue weighted by Crippen LogP contribution is -2.41. The fourth-order valence-corrected chi connectivity index (χ4v) is 4.00. The quantitative estimate of drug-likeness (QED) is 0.820. The molecule has 0 radical (unpaired) electrons. The van der Waals surface area contributed by atoms with Gasteiger partial charge in [0.25, 0.3) is 0 Å². The van der Waals surface area contributed by atoms with E-state index in [9.17, 15) is 13.2 Å². The first kappa shape index (κ1) is 19.6. The summed E-state index contributed by atoms with van der Waals surface area (Å²) in [7, 11) is -3.44. The highest BCUT2D eigenvalue weighted by Gasteiger charge is 2.32. The summed E-state index contributed by atoms with van der Waals surface area (Å²) in [5, 5.41) is 0. The van der Waals surface area contributed by atoms with E-state index in [0.717, 1.165) is 0 Å². The van der Waals surface area contributed by atoms with Crippen molar-refractivity contribution in [3.8, 4) is 0 Å². The molecular weight excluding hydrogens is 274 g/mol. The molecule has 0 rings (SSSR count). The zero-order valence-electron chi connectivity index (χ0n) is 14.2. The van der Waals surface area contributed by atoms with Crippen molar-refractivity contribution in [2.75, 3.05) is 12.3 Å². The topological polar surface area (TPSA) is 63.2 Å². The van der Waals surface area contributed by atoms with Gasteiger partial charge in [0.15, 0.2) is 5.78 Å². The van der Waals surface area contributed by atoms with Gasteiger partial charge in [0.1, 0.15) is 0 Å². The van der Waals surface area contributed by atoms with Gasteiger partial charge in [-0.2, -0.15) is 0 Å². The number of nitrogens with one attached hydrogen (secondary N) is 1.